The van der Waals surface area contributed by atoms with Crippen molar-refractivity contribution in [2.75, 3.05) is 24.4 Å². The first-order chi connectivity index (χ1) is 12.9. The second-order valence-corrected chi connectivity index (χ2v) is 10.5. The Hall–Kier alpha value is -1.44. The van der Waals surface area contributed by atoms with E-state index in [9.17, 15) is 8.42 Å². The molecule has 1 saturated carbocycles. The number of aromatic nitrogens is 1. The molecule has 0 unspecified atom stereocenters. The molecule has 1 N–H and O–H groups in total. The van der Waals surface area contributed by atoms with Gasteiger partial charge in [-0.15, -0.1) is 0 Å². The number of hydrogen-bond acceptors (Lipinski definition) is 5. The van der Waals surface area contributed by atoms with Gasteiger partial charge in [-0.25, -0.2) is 13.4 Å². The Morgan fingerprint density at radius 1 is 1.15 bits per heavy atom. The highest BCUT2D eigenvalue weighted by Gasteiger charge is 2.45. The van der Waals surface area contributed by atoms with Crippen molar-refractivity contribution >= 4 is 31.5 Å². The summed E-state index contributed by atoms with van der Waals surface area (Å²) in [4.78, 5) is 7.58. The van der Waals surface area contributed by atoms with Gasteiger partial charge in [0, 0.05) is 24.8 Å². The number of hydrogen-bond donors (Lipinski definition) is 1. The van der Waals surface area contributed by atoms with Crippen LogP contribution < -0.4 is 10.2 Å². The van der Waals surface area contributed by atoms with Gasteiger partial charge in [0.1, 0.15) is 4.60 Å². The second-order valence-electron chi connectivity index (χ2n) is 7.69. The number of benzene rings is 1. The highest BCUT2D eigenvalue weighted by molar-refractivity contribution is 9.10. The Balaban J connectivity index is 1.43. The highest BCUT2D eigenvalue weighted by Crippen LogP contribution is 2.49. The molecule has 0 radical (unpaired) electrons. The largest absolute Gasteiger partial charge is 0.356 e. The van der Waals surface area contributed by atoms with E-state index >= 15 is 0 Å². The second kappa shape index (κ2) is 7.18. The van der Waals surface area contributed by atoms with Crippen LogP contribution in [0.2, 0.25) is 0 Å². The minimum absolute atomic E-state index is 0.206. The molecule has 4 rings (SSSR count). The van der Waals surface area contributed by atoms with Gasteiger partial charge in [-0.2, -0.15) is 0 Å². The fraction of sp³-hybridized carbons (Fsp3) is 0.450. The van der Waals surface area contributed by atoms with E-state index in [1.165, 1.54) is 43.3 Å². The molecule has 0 atom stereocenters. The molecule has 27 heavy (non-hydrogen) atoms. The number of halogens is 1. The van der Waals surface area contributed by atoms with Crippen molar-refractivity contribution in [3.8, 4) is 0 Å². The summed E-state index contributed by atoms with van der Waals surface area (Å²) in [5, 5.41) is 3.50. The molecule has 1 spiro atoms. The van der Waals surface area contributed by atoms with Crippen molar-refractivity contribution in [3.63, 3.8) is 0 Å². The van der Waals surface area contributed by atoms with Crippen LogP contribution in [-0.2, 0) is 21.8 Å². The molecule has 2 heterocycles. The summed E-state index contributed by atoms with van der Waals surface area (Å²) in [7, 11) is -3.14. The lowest BCUT2D eigenvalue weighted by Crippen LogP contribution is -2.37. The van der Waals surface area contributed by atoms with Gasteiger partial charge in [-0.3, -0.25) is 5.32 Å². The number of sulfone groups is 1. The summed E-state index contributed by atoms with van der Waals surface area (Å²) < 4.78 is 24.0. The van der Waals surface area contributed by atoms with Crippen LogP contribution in [0.1, 0.15) is 36.9 Å². The van der Waals surface area contributed by atoms with E-state index in [4.69, 9.17) is 4.98 Å². The summed E-state index contributed by atoms with van der Waals surface area (Å²) in [6.45, 7) is 2.48. The first-order valence-corrected chi connectivity index (χ1v) is 12.0. The topological polar surface area (TPSA) is 62.3 Å². The Labute approximate surface area is 169 Å². The summed E-state index contributed by atoms with van der Waals surface area (Å²) in [6, 6.07) is 11.3. The highest BCUT2D eigenvalue weighted by atomic mass is 79.9. The van der Waals surface area contributed by atoms with Crippen LogP contribution in [-0.4, -0.2) is 32.9 Å². The molecule has 144 valence electrons. The molecule has 7 heteroatoms. The molecule has 1 fully saturated rings. The first-order valence-electron chi connectivity index (χ1n) is 9.29. The Morgan fingerprint density at radius 3 is 2.52 bits per heavy atom. The Morgan fingerprint density at radius 2 is 1.85 bits per heavy atom. The van der Waals surface area contributed by atoms with Crippen molar-refractivity contribution in [3.05, 3.63) is 52.3 Å². The zero-order valence-electron chi connectivity index (χ0n) is 15.4. The lowest BCUT2D eigenvalue weighted by molar-refractivity contribution is 0.449. The van der Waals surface area contributed by atoms with Crippen LogP contribution in [0.5, 0.6) is 0 Å². The molecule has 1 aliphatic carbocycles. The average molecular weight is 450 g/mol. The van der Waals surface area contributed by atoms with Crippen LogP contribution in [0, 0.1) is 0 Å². The molecule has 0 saturated heterocycles. The van der Waals surface area contributed by atoms with Crippen LogP contribution >= 0.6 is 15.9 Å². The van der Waals surface area contributed by atoms with E-state index in [-0.39, 0.29) is 5.41 Å². The lowest BCUT2D eigenvalue weighted by Gasteiger charge is -2.25. The normalized spacial score (nSPS) is 18.2. The first kappa shape index (κ1) is 18.9. The van der Waals surface area contributed by atoms with Gasteiger partial charge >= 0.3 is 0 Å². The number of rotatable bonds is 5. The number of anilines is 1. The molecule has 0 amide bonds. The van der Waals surface area contributed by atoms with Gasteiger partial charge in [0.2, 0.25) is 0 Å². The number of fused-ring (bicyclic) bond motifs is 2. The predicted molar refractivity (Wildman–Crippen MR) is 111 cm³/mol. The molecule has 1 aromatic heterocycles. The monoisotopic (exact) mass is 449 g/mol. The van der Waals surface area contributed by atoms with Gasteiger partial charge in [-0.05, 0) is 58.6 Å². The molecular weight excluding hydrogens is 426 g/mol. The van der Waals surface area contributed by atoms with Gasteiger partial charge in [0.05, 0.1) is 22.9 Å². The van der Waals surface area contributed by atoms with Crippen LogP contribution in [0.25, 0.3) is 0 Å². The summed E-state index contributed by atoms with van der Waals surface area (Å²) in [5.74, 6) is 0. The third kappa shape index (κ3) is 3.77. The van der Waals surface area contributed by atoms with E-state index in [0.717, 1.165) is 23.4 Å². The fourth-order valence-electron chi connectivity index (χ4n) is 4.38. The number of nitrogens with one attached hydrogen (secondary N) is 1. The quantitative estimate of drug-likeness (QED) is 0.706. The van der Waals surface area contributed by atoms with E-state index in [2.05, 4.69) is 32.2 Å². The molecule has 2 aliphatic rings. The van der Waals surface area contributed by atoms with Gasteiger partial charge in [-0.1, -0.05) is 25.0 Å². The summed E-state index contributed by atoms with van der Waals surface area (Å²) in [6.07, 6.45) is 6.22. The lowest BCUT2D eigenvalue weighted by atomic mass is 9.84. The van der Waals surface area contributed by atoms with Crippen LogP contribution in [0.15, 0.2) is 45.9 Å². The molecule has 2 aromatic rings. The third-order valence-electron chi connectivity index (χ3n) is 5.72. The molecular formula is C20H24BrN3O2S. The molecule has 1 aliphatic heterocycles. The molecule has 1 aromatic carbocycles. The summed E-state index contributed by atoms with van der Waals surface area (Å²) in [5.41, 5.74) is 3.76. The Bertz CT molecular complexity index is 938. The summed E-state index contributed by atoms with van der Waals surface area (Å²) >= 11 is 3.53. The Kier molecular flexibility index (Phi) is 5.03. The van der Waals surface area contributed by atoms with Gasteiger partial charge in [0.15, 0.2) is 9.84 Å². The van der Waals surface area contributed by atoms with Crippen LogP contribution in [0.3, 0.4) is 0 Å². The van der Waals surface area contributed by atoms with E-state index in [1.807, 2.05) is 18.2 Å². The van der Waals surface area contributed by atoms with Crippen molar-refractivity contribution in [1.82, 2.24) is 10.3 Å². The van der Waals surface area contributed by atoms with Gasteiger partial charge in [0.25, 0.3) is 0 Å². The van der Waals surface area contributed by atoms with E-state index < -0.39 is 9.84 Å². The zero-order chi connectivity index (χ0) is 19.1. The van der Waals surface area contributed by atoms with E-state index in [0.29, 0.717) is 11.4 Å². The van der Waals surface area contributed by atoms with E-state index in [1.54, 1.807) is 12.1 Å². The standard InChI is InChI=1S/C20H24BrN3O2S/c1-27(25,26)16-6-4-15(5-7-16)12-22-14-24-13-20(10-2-3-11-20)19-17(24)8-9-18(21)23-19/h4-9,22H,2-3,10-14H2,1H3. The number of nitrogens with zero attached hydrogens (tertiary/aromatic N) is 2. The average Bonchev–Trinajstić information content (AvgIpc) is 3.21. The number of pyridine rings is 1. The minimum Gasteiger partial charge on any atom is -0.356 e. The van der Waals surface area contributed by atoms with Crippen molar-refractivity contribution in [2.45, 2.75) is 42.5 Å². The van der Waals surface area contributed by atoms with Crippen molar-refractivity contribution in [2.24, 2.45) is 0 Å². The maximum atomic E-state index is 11.6. The fourth-order valence-corrected chi connectivity index (χ4v) is 5.32. The smallest absolute Gasteiger partial charge is 0.175 e. The van der Waals surface area contributed by atoms with Gasteiger partial charge < -0.3 is 4.90 Å². The third-order valence-corrected chi connectivity index (χ3v) is 7.29. The maximum absolute atomic E-state index is 11.6. The molecule has 5 nitrogen and oxygen atoms in total. The van der Waals surface area contributed by atoms with Crippen molar-refractivity contribution in [1.29, 1.82) is 0 Å². The van der Waals surface area contributed by atoms with Crippen molar-refractivity contribution < 1.29 is 8.42 Å². The predicted octanol–water partition coefficient (Wildman–Crippen LogP) is 3.63. The minimum atomic E-state index is -3.14. The maximum Gasteiger partial charge on any atom is 0.175 e. The zero-order valence-corrected chi connectivity index (χ0v) is 17.8. The SMILES string of the molecule is CS(=O)(=O)c1ccc(CNCN2CC3(CCCC3)c3nc(Br)ccc32)cc1. The van der Waals surface area contributed by atoms with Crippen LogP contribution in [0.4, 0.5) is 5.69 Å². The molecule has 0 bridgehead atoms.